The van der Waals surface area contributed by atoms with Crippen LogP contribution >= 0.6 is 0 Å². The molecule has 4 saturated carbocycles. The predicted octanol–water partition coefficient (Wildman–Crippen LogP) is 2.44. The molecule has 4 bridgehead atoms. The van der Waals surface area contributed by atoms with E-state index in [9.17, 15) is 4.79 Å². The summed E-state index contributed by atoms with van der Waals surface area (Å²) in [6, 6.07) is 0. The van der Waals surface area contributed by atoms with Crippen molar-refractivity contribution in [3.8, 4) is 0 Å². The van der Waals surface area contributed by atoms with Gasteiger partial charge in [-0.25, -0.2) is 0 Å². The monoisotopic (exact) mass is 191 g/mol. The van der Waals surface area contributed by atoms with Crippen molar-refractivity contribution in [1.82, 2.24) is 0 Å². The molecule has 0 aromatic carbocycles. The zero-order valence-electron chi connectivity index (χ0n) is 8.02. The van der Waals surface area contributed by atoms with Crippen molar-refractivity contribution >= 4 is 5.78 Å². The maximum absolute atomic E-state index is 11.8. The highest BCUT2D eigenvalue weighted by atomic mass is 16.1. The summed E-state index contributed by atoms with van der Waals surface area (Å²) in [5, 5.41) is 3.98. The average molecular weight is 191 g/mol. The summed E-state index contributed by atoms with van der Waals surface area (Å²) in [6.45, 7) is 0. The summed E-state index contributed by atoms with van der Waals surface area (Å²) in [7, 11) is 0. The van der Waals surface area contributed by atoms with Gasteiger partial charge in [0.15, 0.2) is 0 Å². The van der Waals surface area contributed by atoms with E-state index in [4.69, 9.17) is 5.53 Å². The molecule has 14 heavy (non-hydrogen) atoms. The minimum absolute atomic E-state index is 0.181. The van der Waals surface area contributed by atoms with Crippen LogP contribution in [0.15, 0.2) is 5.11 Å². The molecule has 0 spiro atoms. The number of carbonyl (C=O) groups excluding carboxylic acids is 1. The first-order chi connectivity index (χ1) is 6.72. The van der Waals surface area contributed by atoms with E-state index in [0.717, 1.165) is 32.1 Å². The van der Waals surface area contributed by atoms with E-state index >= 15 is 0 Å². The van der Waals surface area contributed by atoms with Crippen molar-refractivity contribution in [2.45, 2.75) is 37.6 Å². The highest BCUT2D eigenvalue weighted by molar-refractivity contribution is 5.86. The van der Waals surface area contributed by atoms with Gasteiger partial charge in [0.2, 0.25) is 0 Å². The van der Waals surface area contributed by atoms with Crippen molar-refractivity contribution in [2.75, 3.05) is 0 Å². The van der Waals surface area contributed by atoms with Gasteiger partial charge >= 0.3 is 0 Å². The third kappa shape index (κ3) is 0.947. The zero-order chi connectivity index (χ0) is 9.76. The number of ketones is 1. The Balaban J connectivity index is 1.99. The van der Waals surface area contributed by atoms with Crippen LogP contribution < -0.4 is 0 Å². The maximum Gasteiger partial charge on any atom is 0.139 e. The van der Waals surface area contributed by atoms with Crippen LogP contribution in [-0.4, -0.2) is 11.3 Å². The second-order valence-electron chi connectivity index (χ2n) is 5.16. The van der Waals surface area contributed by atoms with E-state index in [2.05, 4.69) is 10.0 Å². The Morgan fingerprint density at radius 2 is 1.93 bits per heavy atom. The molecule has 0 saturated heterocycles. The molecular formula is C10H13N3O. The number of azide groups is 1. The molecule has 0 heterocycles. The van der Waals surface area contributed by atoms with Gasteiger partial charge in [0.1, 0.15) is 5.78 Å². The third-order valence-corrected chi connectivity index (χ3v) is 4.22. The summed E-state index contributed by atoms with van der Waals surface area (Å²) in [4.78, 5) is 14.7. The zero-order valence-corrected chi connectivity index (χ0v) is 8.02. The maximum atomic E-state index is 11.8. The Labute approximate surface area is 82.3 Å². The largest absolute Gasteiger partial charge is 0.299 e. The first-order valence-corrected chi connectivity index (χ1v) is 5.32. The molecule has 4 aliphatic rings. The van der Waals surface area contributed by atoms with Crippen molar-refractivity contribution < 1.29 is 4.79 Å². The number of Topliss-reactive ketones (excluding diaryl/α,β-unsaturated/α-hetero) is 1. The van der Waals surface area contributed by atoms with Gasteiger partial charge in [-0.3, -0.25) is 4.79 Å². The number of carbonyl (C=O) groups is 1. The van der Waals surface area contributed by atoms with E-state index in [1.165, 1.54) is 0 Å². The Bertz CT molecular complexity index is 327. The lowest BCUT2D eigenvalue weighted by Crippen LogP contribution is -2.53. The number of nitrogens with zero attached hydrogens (tertiary/aromatic N) is 3. The fraction of sp³-hybridized carbons (Fsp3) is 0.900. The molecule has 0 amide bonds. The number of hydrogen-bond acceptors (Lipinski definition) is 2. The van der Waals surface area contributed by atoms with Crippen LogP contribution in [0.3, 0.4) is 0 Å². The van der Waals surface area contributed by atoms with Crippen LogP contribution in [0.2, 0.25) is 0 Å². The van der Waals surface area contributed by atoms with Gasteiger partial charge in [-0.1, -0.05) is 5.11 Å². The number of rotatable bonds is 1. The fourth-order valence-electron chi connectivity index (χ4n) is 3.92. The van der Waals surface area contributed by atoms with Crippen LogP contribution in [0.1, 0.15) is 32.1 Å². The lowest BCUT2D eigenvalue weighted by atomic mass is 9.52. The van der Waals surface area contributed by atoms with E-state index in [1.54, 1.807) is 0 Å². The van der Waals surface area contributed by atoms with Crippen molar-refractivity contribution in [3.05, 3.63) is 10.4 Å². The van der Waals surface area contributed by atoms with E-state index < -0.39 is 0 Å². The van der Waals surface area contributed by atoms with Crippen molar-refractivity contribution in [3.63, 3.8) is 0 Å². The molecule has 2 unspecified atom stereocenters. The smallest absolute Gasteiger partial charge is 0.139 e. The van der Waals surface area contributed by atoms with Gasteiger partial charge in [0.05, 0.1) is 5.54 Å². The van der Waals surface area contributed by atoms with E-state index in [0.29, 0.717) is 11.7 Å². The molecule has 0 aromatic rings. The van der Waals surface area contributed by atoms with Gasteiger partial charge in [-0.15, -0.1) is 0 Å². The lowest BCUT2D eigenvalue weighted by Gasteiger charge is -2.53. The van der Waals surface area contributed by atoms with Crippen LogP contribution in [0.5, 0.6) is 0 Å². The molecule has 4 fully saturated rings. The summed E-state index contributed by atoms with van der Waals surface area (Å²) < 4.78 is 0. The van der Waals surface area contributed by atoms with Crippen LogP contribution in [0.4, 0.5) is 0 Å². The first kappa shape index (κ1) is 8.30. The van der Waals surface area contributed by atoms with Crippen molar-refractivity contribution in [1.29, 1.82) is 0 Å². The van der Waals surface area contributed by atoms with Gasteiger partial charge in [-0.05, 0) is 43.6 Å². The fourth-order valence-corrected chi connectivity index (χ4v) is 3.92. The predicted molar refractivity (Wildman–Crippen MR) is 50.4 cm³/mol. The topological polar surface area (TPSA) is 65.8 Å². The number of hydrogen-bond donors (Lipinski definition) is 0. The van der Waals surface area contributed by atoms with Crippen molar-refractivity contribution in [2.24, 2.45) is 22.9 Å². The quantitative estimate of drug-likeness (QED) is 0.356. The Hall–Kier alpha value is -1.02. The minimum atomic E-state index is -0.181. The normalized spacial score (nSPS) is 49.1. The molecule has 0 radical (unpaired) electrons. The van der Waals surface area contributed by atoms with Crippen LogP contribution in [0.25, 0.3) is 10.4 Å². The molecule has 4 aliphatic carbocycles. The third-order valence-electron chi connectivity index (χ3n) is 4.22. The summed E-state index contributed by atoms with van der Waals surface area (Å²) in [5.74, 6) is 1.53. The SMILES string of the molecule is [N-]=[N+]=NC12CC3CC(C1)C(=O)C(C3)C2. The van der Waals surface area contributed by atoms with Gasteiger partial charge in [0, 0.05) is 16.7 Å². The standard InChI is InChI=1S/C10H13N3O/c11-13-12-10-3-6-1-7(4-10)9(14)8(2-6)5-10/h6-8H,1-5H2. The Morgan fingerprint density at radius 3 is 2.50 bits per heavy atom. The van der Waals surface area contributed by atoms with Gasteiger partial charge in [-0.2, -0.15) is 0 Å². The van der Waals surface area contributed by atoms with Gasteiger partial charge in [0.25, 0.3) is 0 Å². The first-order valence-electron chi connectivity index (χ1n) is 5.32. The molecule has 0 N–H and O–H groups in total. The lowest BCUT2D eigenvalue weighted by molar-refractivity contribution is -0.141. The molecule has 0 aliphatic heterocycles. The molecule has 4 rings (SSSR count). The minimum Gasteiger partial charge on any atom is -0.299 e. The molecule has 2 atom stereocenters. The molecule has 4 nitrogen and oxygen atoms in total. The summed E-state index contributed by atoms with van der Waals surface area (Å²) >= 11 is 0. The van der Waals surface area contributed by atoms with E-state index in [-0.39, 0.29) is 17.4 Å². The molecular weight excluding hydrogens is 178 g/mol. The molecule has 74 valence electrons. The van der Waals surface area contributed by atoms with E-state index in [1.807, 2.05) is 0 Å². The molecule has 0 aromatic heterocycles. The summed E-state index contributed by atoms with van der Waals surface area (Å²) in [5.41, 5.74) is 8.38. The second-order valence-corrected chi connectivity index (χ2v) is 5.16. The highest BCUT2D eigenvalue weighted by Crippen LogP contribution is 2.55. The van der Waals surface area contributed by atoms with Gasteiger partial charge < -0.3 is 0 Å². The van der Waals surface area contributed by atoms with Crippen LogP contribution in [0, 0.1) is 17.8 Å². The Morgan fingerprint density at radius 1 is 1.29 bits per heavy atom. The highest BCUT2D eigenvalue weighted by Gasteiger charge is 2.54. The summed E-state index contributed by atoms with van der Waals surface area (Å²) in [6.07, 6.45) is 4.78. The van der Waals surface area contributed by atoms with Crippen LogP contribution in [-0.2, 0) is 4.79 Å². The molecule has 4 heteroatoms. The average Bonchev–Trinajstić information content (AvgIpc) is 2.12. The second kappa shape index (κ2) is 2.51. The Kier molecular flexibility index (Phi) is 1.49.